The first-order chi connectivity index (χ1) is 8.22. The number of aryl methyl sites for hydroxylation is 1. The minimum Gasteiger partial charge on any atom is -0.508 e. The Labute approximate surface area is 100 Å². The van der Waals surface area contributed by atoms with Crippen molar-refractivity contribution in [1.29, 1.82) is 0 Å². The van der Waals surface area contributed by atoms with E-state index in [-0.39, 0.29) is 5.75 Å². The second-order valence-corrected chi connectivity index (χ2v) is 3.72. The first-order valence-electron chi connectivity index (χ1n) is 5.58. The highest BCUT2D eigenvalue weighted by atomic mass is 16.3. The number of nitrogens with zero attached hydrogens (tertiary/aromatic N) is 2. The van der Waals surface area contributed by atoms with E-state index < -0.39 is 0 Å². The van der Waals surface area contributed by atoms with Gasteiger partial charge in [0.1, 0.15) is 11.6 Å². The maximum Gasteiger partial charge on any atom is 0.161 e. The van der Waals surface area contributed by atoms with Gasteiger partial charge in [-0.3, -0.25) is 0 Å². The van der Waals surface area contributed by atoms with Gasteiger partial charge in [0.15, 0.2) is 5.82 Å². The molecule has 4 nitrogen and oxygen atoms in total. The summed E-state index contributed by atoms with van der Waals surface area (Å²) in [5.41, 5.74) is 1.79. The van der Waals surface area contributed by atoms with E-state index in [1.165, 1.54) is 0 Å². The molecule has 0 atom stereocenters. The van der Waals surface area contributed by atoms with Crippen LogP contribution in [0.15, 0.2) is 30.3 Å². The topological polar surface area (TPSA) is 58.0 Å². The summed E-state index contributed by atoms with van der Waals surface area (Å²) in [6.07, 6.45) is 0.850. The molecule has 0 aliphatic heterocycles. The number of phenolic OH excluding ortho intramolecular Hbond substituents is 1. The van der Waals surface area contributed by atoms with Gasteiger partial charge in [0.25, 0.3) is 0 Å². The molecule has 0 bridgehead atoms. The van der Waals surface area contributed by atoms with Crippen LogP contribution in [-0.4, -0.2) is 22.1 Å². The third kappa shape index (κ3) is 2.53. The third-order valence-corrected chi connectivity index (χ3v) is 2.50. The van der Waals surface area contributed by atoms with Crippen molar-refractivity contribution >= 4 is 5.82 Å². The predicted molar refractivity (Wildman–Crippen MR) is 68.1 cm³/mol. The van der Waals surface area contributed by atoms with Crippen molar-refractivity contribution in [3.63, 3.8) is 0 Å². The van der Waals surface area contributed by atoms with Gasteiger partial charge in [-0.15, -0.1) is 0 Å². The number of hydrogen-bond donors (Lipinski definition) is 2. The fourth-order valence-electron chi connectivity index (χ4n) is 1.58. The Morgan fingerprint density at radius 3 is 2.71 bits per heavy atom. The molecule has 1 heterocycles. The molecule has 0 fully saturated rings. The second kappa shape index (κ2) is 4.82. The van der Waals surface area contributed by atoms with Crippen LogP contribution in [0.5, 0.6) is 5.75 Å². The third-order valence-electron chi connectivity index (χ3n) is 2.50. The SMILES string of the molecule is CCc1cc(NC)nc(-c2cccc(O)c2)n1. The summed E-state index contributed by atoms with van der Waals surface area (Å²) in [4.78, 5) is 8.83. The highest BCUT2D eigenvalue weighted by Gasteiger charge is 2.05. The van der Waals surface area contributed by atoms with Gasteiger partial charge in [-0.25, -0.2) is 9.97 Å². The average molecular weight is 229 g/mol. The van der Waals surface area contributed by atoms with E-state index in [0.717, 1.165) is 23.5 Å². The Morgan fingerprint density at radius 1 is 1.24 bits per heavy atom. The van der Waals surface area contributed by atoms with Crippen LogP contribution in [-0.2, 0) is 6.42 Å². The molecule has 17 heavy (non-hydrogen) atoms. The van der Waals surface area contributed by atoms with Crippen molar-refractivity contribution in [2.45, 2.75) is 13.3 Å². The number of anilines is 1. The first kappa shape index (κ1) is 11.4. The first-order valence-corrected chi connectivity index (χ1v) is 5.58. The Morgan fingerprint density at radius 2 is 2.06 bits per heavy atom. The van der Waals surface area contributed by atoms with E-state index in [1.54, 1.807) is 18.2 Å². The van der Waals surface area contributed by atoms with Gasteiger partial charge >= 0.3 is 0 Å². The van der Waals surface area contributed by atoms with E-state index in [9.17, 15) is 5.11 Å². The fourth-order valence-corrected chi connectivity index (χ4v) is 1.58. The van der Waals surface area contributed by atoms with Crippen molar-refractivity contribution in [3.8, 4) is 17.1 Å². The van der Waals surface area contributed by atoms with Gasteiger partial charge in [-0.05, 0) is 18.6 Å². The number of aromatic hydroxyl groups is 1. The fraction of sp³-hybridized carbons (Fsp3) is 0.231. The number of benzene rings is 1. The van der Waals surface area contributed by atoms with Crippen molar-refractivity contribution in [2.24, 2.45) is 0 Å². The lowest BCUT2D eigenvalue weighted by Gasteiger charge is -2.06. The highest BCUT2D eigenvalue weighted by molar-refractivity contribution is 5.59. The maximum absolute atomic E-state index is 9.46. The molecule has 0 saturated carbocycles. The van der Waals surface area contributed by atoms with Crippen LogP contribution in [0, 0.1) is 0 Å². The Hall–Kier alpha value is -2.10. The van der Waals surface area contributed by atoms with Crippen LogP contribution < -0.4 is 5.32 Å². The van der Waals surface area contributed by atoms with Crippen LogP contribution in [0.3, 0.4) is 0 Å². The van der Waals surface area contributed by atoms with Crippen molar-refractivity contribution in [1.82, 2.24) is 9.97 Å². The standard InChI is InChI=1S/C13H15N3O/c1-3-10-8-12(14-2)16-13(15-10)9-5-4-6-11(17)7-9/h4-8,17H,3H2,1-2H3,(H,14,15,16). The Bertz CT molecular complexity index is 504. The van der Waals surface area contributed by atoms with Gasteiger partial charge in [-0.1, -0.05) is 19.1 Å². The Kier molecular flexibility index (Phi) is 3.23. The molecule has 0 saturated heterocycles. The molecule has 1 aromatic carbocycles. The largest absolute Gasteiger partial charge is 0.508 e. The molecule has 0 spiro atoms. The molecule has 4 heteroatoms. The summed E-state index contributed by atoms with van der Waals surface area (Å²) >= 11 is 0. The summed E-state index contributed by atoms with van der Waals surface area (Å²) in [5, 5.41) is 12.5. The molecule has 2 rings (SSSR count). The average Bonchev–Trinajstić information content (AvgIpc) is 2.38. The van der Waals surface area contributed by atoms with Gasteiger partial charge in [0, 0.05) is 24.4 Å². The zero-order chi connectivity index (χ0) is 12.3. The summed E-state index contributed by atoms with van der Waals surface area (Å²) in [6, 6.07) is 8.88. The highest BCUT2D eigenvalue weighted by Crippen LogP contribution is 2.21. The zero-order valence-electron chi connectivity index (χ0n) is 9.94. The number of rotatable bonds is 3. The number of nitrogens with one attached hydrogen (secondary N) is 1. The number of hydrogen-bond acceptors (Lipinski definition) is 4. The lowest BCUT2D eigenvalue weighted by Crippen LogP contribution is -2.00. The van der Waals surface area contributed by atoms with Gasteiger partial charge in [0.2, 0.25) is 0 Å². The van der Waals surface area contributed by atoms with Crippen molar-refractivity contribution < 1.29 is 5.11 Å². The van der Waals surface area contributed by atoms with Crippen LogP contribution >= 0.6 is 0 Å². The predicted octanol–water partition coefficient (Wildman–Crippen LogP) is 2.45. The zero-order valence-corrected chi connectivity index (χ0v) is 9.94. The molecule has 0 aliphatic rings. The minimum absolute atomic E-state index is 0.221. The molecular weight excluding hydrogens is 214 g/mol. The van der Waals surface area contributed by atoms with Crippen LogP contribution in [0.1, 0.15) is 12.6 Å². The van der Waals surface area contributed by atoms with Crippen molar-refractivity contribution in [3.05, 3.63) is 36.0 Å². The molecular formula is C13H15N3O. The summed E-state index contributed by atoms with van der Waals surface area (Å²) < 4.78 is 0. The smallest absolute Gasteiger partial charge is 0.161 e. The van der Waals surface area contributed by atoms with E-state index in [4.69, 9.17) is 0 Å². The molecule has 0 unspecified atom stereocenters. The molecule has 88 valence electrons. The minimum atomic E-state index is 0.221. The van der Waals surface area contributed by atoms with E-state index in [1.807, 2.05) is 26.1 Å². The van der Waals surface area contributed by atoms with E-state index >= 15 is 0 Å². The van der Waals surface area contributed by atoms with Crippen LogP contribution in [0.2, 0.25) is 0 Å². The Balaban J connectivity index is 2.50. The monoisotopic (exact) mass is 229 g/mol. The van der Waals surface area contributed by atoms with Crippen LogP contribution in [0.4, 0.5) is 5.82 Å². The molecule has 2 aromatic rings. The second-order valence-electron chi connectivity index (χ2n) is 3.72. The van der Waals surface area contributed by atoms with Gasteiger partial charge < -0.3 is 10.4 Å². The lowest BCUT2D eigenvalue weighted by atomic mass is 10.2. The molecule has 0 radical (unpaired) electrons. The van der Waals surface area contributed by atoms with Gasteiger partial charge in [0.05, 0.1) is 0 Å². The molecule has 2 N–H and O–H groups in total. The number of aromatic nitrogens is 2. The quantitative estimate of drug-likeness (QED) is 0.848. The van der Waals surface area contributed by atoms with E-state index in [0.29, 0.717) is 5.82 Å². The summed E-state index contributed by atoms with van der Waals surface area (Å²) in [6.45, 7) is 2.05. The van der Waals surface area contributed by atoms with E-state index in [2.05, 4.69) is 15.3 Å². The van der Waals surface area contributed by atoms with Crippen molar-refractivity contribution in [2.75, 3.05) is 12.4 Å². The molecule has 0 amide bonds. The normalized spacial score (nSPS) is 10.2. The maximum atomic E-state index is 9.46. The summed E-state index contributed by atoms with van der Waals surface area (Å²) in [5.74, 6) is 1.64. The molecule has 1 aromatic heterocycles. The lowest BCUT2D eigenvalue weighted by molar-refractivity contribution is 0.475. The van der Waals surface area contributed by atoms with Crippen LogP contribution in [0.25, 0.3) is 11.4 Å². The molecule has 0 aliphatic carbocycles. The number of phenols is 1. The summed E-state index contributed by atoms with van der Waals surface area (Å²) in [7, 11) is 1.83. The van der Waals surface area contributed by atoms with Gasteiger partial charge in [-0.2, -0.15) is 0 Å².